The number of nitrogens with zero attached hydrogens (tertiary/aromatic N) is 2. The smallest absolute Gasteiger partial charge is 0.403 e. The third-order valence-electron chi connectivity index (χ3n) is 2.03. The van der Waals surface area contributed by atoms with Crippen LogP contribution in [0, 0.1) is 11.3 Å². The number of halogens is 5. The summed E-state index contributed by atoms with van der Waals surface area (Å²) in [5.74, 6) is -1.14. The summed E-state index contributed by atoms with van der Waals surface area (Å²) < 4.78 is 65.6. The van der Waals surface area contributed by atoms with Gasteiger partial charge in [0, 0.05) is 6.54 Å². The van der Waals surface area contributed by atoms with Crippen LogP contribution in [0.2, 0.25) is 0 Å². The number of rotatable bonds is 4. The molecular formula is C10H8F5N3O. The van der Waals surface area contributed by atoms with Gasteiger partial charge >= 0.3 is 6.36 Å². The molecule has 0 saturated heterocycles. The molecule has 0 aliphatic carbocycles. The maximum absolute atomic E-state index is 12.7. The number of ether oxygens (including phenoxy) is 1. The molecule has 0 aliphatic rings. The summed E-state index contributed by atoms with van der Waals surface area (Å²) >= 11 is 0. The van der Waals surface area contributed by atoms with Crippen LogP contribution in [0.4, 0.5) is 22.0 Å². The van der Waals surface area contributed by atoms with E-state index in [1.807, 2.05) is 0 Å². The Morgan fingerprint density at radius 2 is 2.05 bits per heavy atom. The number of hydrogen-bond donors (Lipinski definition) is 1. The standard InChI is InChI=1S/C10H8F5N3O/c11-9(12)6-3-5(4-17)18-7(1-2-16)8(6)19-10(13,14)15/h3,9H,1,4,17H2. The van der Waals surface area contributed by atoms with Crippen molar-refractivity contribution in [2.75, 3.05) is 0 Å². The van der Waals surface area contributed by atoms with Gasteiger partial charge in [0.25, 0.3) is 6.43 Å². The third kappa shape index (κ3) is 4.03. The monoisotopic (exact) mass is 281 g/mol. The normalized spacial score (nSPS) is 11.5. The molecule has 0 spiro atoms. The first-order chi connectivity index (χ1) is 8.78. The van der Waals surface area contributed by atoms with Crippen LogP contribution >= 0.6 is 0 Å². The quantitative estimate of drug-likeness (QED) is 0.860. The minimum absolute atomic E-state index is 0.0462. The molecule has 0 radical (unpaired) electrons. The maximum atomic E-state index is 12.7. The molecular weight excluding hydrogens is 273 g/mol. The molecule has 1 aromatic rings. The summed E-state index contributed by atoms with van der Waals surface area (Å²) in [5, 5.41) is 8.49. The predicted octanol–water partition coefficient (Wildman–Crippen LogP) is 2.44. The topological polar surface area (TPSA) is 71.9 Å². The fourth-order valence-electron chi connectivity index (χ4n) is 1.36. The second-order valence-corrected chi connectivity index (χ2v) is 3.37. The number of hydrogen-bond acceptors (Lipinski definition) is 4. The first-order valence-electron chi connectivity index (χ1n) is 4.92. The summed E-state index contributed by atoms with van der Waals surface area (Å²) in [6.45, 7) is -0.246. The molecule has 2 N–H and O–H groups in total. The average Bonchev–Trinajstić information content (AvgIpc) is 2.29. The fraction of sp³-hybridized carbons (Fsp3) is 0.400. The van der Waals surface area contributed by atoms with Crippen LogP contribution in [-0.2, 0) is 13.0 Å². The molecule has 0 aromatic carbocycles. The lowest BCUT2D eigenvalue weighted by Crippen LogP contribution is -2.20. The number of nitrogens with two attached hydrogens (primary N) is 1. The Morgan fingerprint density at radius 1 is 1.42 bits per heavy atom. The van der Waals surface area contributed by atoms with Crippen LogP contribution in [-0.4, -0.2) is 11.3 Å². The minimum Gasteiger partial charge on any atom is -0.403 e. The molecule has 0 fully saturated rings. The van der Waals surface area contributed by atoms with Crippen LogP contribution in [0.3, 0.4) is 0 Å². The Balaban J connectivity index is 3.41. The van der Waals surface area contributed by atoms with Gasteiger partial charge in [-0.2, -0.15) is 5.26 Å². The summed E-state index contributed by atoms with van der Waals surface area (Å²) in [5.41, 5.74) is 3.66. The van der Waals surface area contributed by atoms with Crippen molar-refractivity contribution in [3.63, 3.8) is 0 Å². The molecule has 0 amide bonds. The van der Waals surface area contributed by atoms with Crippen molar-refractivity contribution in [2.45, 2.75) is 25.8 Å². The van der Waals surface area contributed by atoms with Crippen molar-refractivity contribution in [3.8, 4) is 11.8 Å². The molecule has 0 aliphatic heterocycles. The Kier molecular flexibility index (Phi) is 4.61. The van der Waals surface area contributed by atoms with Crippen LogP contribution in [0.5, 0.6) is 5.75 Å². The van der Waals surface area contributed by atoms with Gasteiger partial charge in [0.2, 0.25) is 0 Å². The summed E-state index contributed by atoms with van der Waals surface area (Å²) in [7, 11) is 0. The second-order valence-electron chi connectivity index (χ2n) is 3.37. The highest BCUT2D eigenvalue weighted by molar-refractivity contribution is 5.41. The zero-order valence-electron chi connectivity index (χ0n) is 9.34. The van der Waals surface area contributed by atoms with E-state index in [-0.39, 0.29) is 12.2 Å². The molecule has 104 valence electrons. The van der Waals surface area contributed by atoms with E-state index in [2.05, 4.69) is 9.72 Å². The van der Waals surface area contributed by atoms with Gasteiger partial charge < -0.3 is 10.5 Å². The second kappa shape index (κ2) is 5.79. The van der Waals surface area contributed by atoms with Gasteiger partial charge in [-0.05, 0) is 6.07 Å². The zero-order chi connectivity index (χ0) is 14.6. The molecule has 1 heterocycles. The fourth-order valence-corrected chi connectivity index (χ4v) is 1.36. The molecule has 4 nitrogen and oxygen atoms in total. The Labute approximate surface area is 104 Å². The van der Waals surface area contributed by atoms with Crippen molar-refractivity contribution in [2.24, 2.45) is 5.73 Å². The van der Waals surface area contributed by atoms with Crippen LogP contribution in [0.25, 0.3) is 0 Å². The van der Waals surface area contributed by atoms with Crippen molar-refractivity contribution in [1.82, 2.24) is 4.98 Å². The van der Waals surface area contributed by atoms with E-state index in [0.717, 1.165) is 6.07 Å². The van der Waals surface area contributed by atoms with E-state index < -0.39 is 36.2 Å². The summed E-state index contributed by atoms with van der Waals surface area (Å²) in [4.78, 5) is 3.60. The predicted molar refractivity (Wildman–Crippen MR) is 53.1 cm³/mol. The van der Waals surface area contributed by atoms with Gasteiger partial charge in [-0.15, -0.1) is 13.2 Å². The Hall–Kier alpha value is -1.95. The largest absolute Gasteiger partial charge is 0.573 e. The number of pyridine rings is 1. The van der Waals surface area contributed by atoms with E-state index in [0.29, 0.717) is 0 Å². The maximum Gasteiger partial charge on any atom is 0.573 e. The Bertz CT molecular complexity index is 495. The number of alkyl halides is 5. The highest BCUT2D eigenvalue weighted by Gasteiger charge is 2.35. The average molecular weight is 281 g/mol. The summed E-state index contributed by atoms with van der Waals surface area (Å²) in [6.07, 6.45) is -8.96. The van der Waals surface area contributed by atoms with Gasteiger partial charge in [-0.25, -0.2) is 8.78 Å². The molecule has 0 unspecified atom stereocenters. The van der Waals surface area contributed by atoms with Crippen LogP contribution in [0.15, 0.2) is 6.07 Å². The summed E-state index contributed by atoms with van der Waals surface area (Å²) in [6, 6.07) is 2.26. The van der Waals surface area contributed by atoms with E-state index in [9.17, 15) is 22.0 Å². The highest BCUT2D eigenvalue weighted by atomic mass is 19.4. The van der Waals surface area contributed by atoms with Crippen molar-refractivity contribution in [3.05, 3.63) is 23.0 Å². The third-order valence-corrected chi connectivity index (χ3v) is 2.03. The SMILES string of the molecule is N#CCc1nc(CN)cc(C(F)F)c1OC(F)(F)F. The molecule has 0 bridgehead atoms. The van der Waals surface area contributed by atoms with Gasteiger partial charge in [0.1, 0.15) is 0 Å². The number of aromatic nitrogens is 1. The lowest BCUT2D eigenvalue weighted by atomic mass is 10.1. The van der Waals surface area contributed by atoms with E-state index >= 15 is 0 Å². The molecule has 19 heavy (non-hydrogen) atoms. The lowest BCUT2D eigenvalue weighted by Gasteiger charge is -2.16. The van der Waals surface area contributed by atoms with Gasteiger partial charge in [-0.1, -0.05) is 0 Å². The molecule has 0 saturated carbocycles. The first-order valence-corrected chi connectivity index (χ1v) is 4.92. The van der Waals surface area contributed by atoms with Crippen molar-refractivity contribution < 1.29 is 26.7 Å². The molecule has 1 aromatic heterocycles. The van der Waals surface area contributed by atoms with Gasteiger partial charge in [0.15, 0.2) is 5.75 Å². The molecule has 1 rings (SSSR count). The first kappa shape index (κ1) is 15.1. The van der Waals surface area contributed by atoms with E-state index in [4.69, 9.17) is 11.0 Å². The van der Waals surface area contributed by atoms with E-state index in [1.54, 1.807) is 0 Å². The number of nitriles is 1. The molecule has 9 heteroatoms. The van der Waals surface area contributed by atoms with Crippen LogP contribution in [0.1, 0.15) is 23.4 Å². The highest BCUT2D eigenvalue weighted by Crippen LogP contribution is 2.35. The van der Waals surface area contributed by atoms with Crippen molar-refractivity contribution in [1.29, 1.82) is 5.26 Å². The van der Waals surface area contributed by atoms with Crippen LogP contribution < -0.4 is 10.5 Å². The van der Waals surface area contributed by atoms with Gasteiger partial charge in [-0.3, -0.25) is 4.98 Å². The molecule has 0 atom stereocenters. The Morgan fingerprint density at radius 3 is 2.47 bits per heavy atom. The lowest BCUT2D eigenvalue weighted by molar-refractivity contribution is -0.275. The van der Waals surface area contributed by atoms with Crippen molar-refractivity contribution >= 4 is 0 Å². The zero-order valence-corrected chi connectivity index (χ0v) is 9.34. The minimum atomic E-state index is -5.15. The van der Waals surface area contributed by atoms with E-state index in [1.165, 1.54) is 6.07 Å². The van der Waals surface area contributed by atoms with Gasteiger partial charge in [0.05, 0.1) is 29.4 Å².